The van der Waals surface area contributed by atoms with Gasteiger partial charge in [0.15, 0.2) is 34.7 Å². The number of fused-ring (bicyclic) bond motifs is 3. The monoisotopic (exact) mass is 514 g/mol. The minimum Gasteiger partial charge on any atom is -0.505 e. The molecule has 0 heterocycles. The molecule has 37 heavy (non-hydrogen) atoms. The lowest BCUT2D eigenvalue weighted by Gasteiger charge is -2.52. The maximum absolute atomic E-state index is 13.9. The maximum Gasteiger partial charge on any atom is 0.235 e. The number of benzene rings is 1. The fourth-order valence-corrected chi connectivity index (χ4v) is 6.66. The molecule has 3 aliphatic carbocycles. The van der Waals surface area contributed by atoms with E-state index >= 15 is 0 Å². The van der Waals surface area contributed by atoms with E-state index in [2.05, 4.69) is 0 Å². The normalized spacial score (nSPS) is 31.3. The van der Waals surface area contributed by atoms with Crippen LogP contribution < -0.4 is 16.4 Å². The second-order valence-electron chi connectivity index (χ2n) is 11.3. The minimum absolute atomic E-state index is 0.00235. The van der Waals surface area contributed by atoms with E-state index < -0.39 is 70.1 Å². The zero-order valence-corrected chi connectivity index (χ0v) is 21.6. The number of Topliss-reactive ketones (excluding diaryl/α,β-unsaturated/α-hetero) is 4. The first-order valence-corrected chi connectivity index (χ1v) is 12.3. The number of carbonyl (C=O) groups is 5. The summed E-state index contributed by atoms with van der Waals surface area (Å²) in [4.78, 5) is 69.6. The van der Waals surface area contributed by atoms with Crippen molar-refractivity contribution in [2.24, 2.45) is 35.3 Å². The van der Waals surface area contributed by atoms with Crippen molar-refractivity contribution in [3.05, 3.63) is 17.2 Å². The van der Waals surface area contributed by atoms with Gasteiger partial charge in [0.25, 0.3) is 0 Å². The minimum atomic E-state index is -2.75. The number of ketones is 4. The second kappa shape index (κ2) is 8.91. The highest BCUT2D eigenvalue weighted by molar-refractivity contribution is 6.32. The number of nitrogen functional groups attached to an aromatic ring is 1. The van der Waals surface area contributed by atoms with Crippen LogP contribution in [-0.2, 0) is 25.6 Å². The van der Waals surface area contributed by atoms with E-state index in [0.717, 1.165) is 0 Å². The van der Waals surface area contributed by atoms with Crippen LogP contribution in [0, 0.1) is 29.6 Å². The third-order valence-corrected chi connectivity index (χ3v) is 8.12. The van der Waals surface area contributed by atoms with Crippen LogP contribution in [0.4, 0.5) is 11.4 Å². The number of carbonyl (C=O) groups excluding carboxylic acids is 5. The number of amides is 1. The van der Waals surface area contributed by atoms with Crippen molar-refractivity contribution in [1.29, 1.82) is 0 Å². The predicted octanol–water partition coefficient (Wildman–Crippen LogP) is -0.459. The van der Waals surface area contributed by atoms with E-state index in [1.165, 1.54) is 4.90 Å². The number of hydrogen-bond donors (Lipinski definition) is 4. The number of primary amides is 1. The van der Waals surface area contributed by atoms with Gasteiger partial charge in [0.2, 0.25) is 5.91 Å². The first kappa shape index (κ1) is 26.7. The summed E-state index contributed by atoms with van der Waals surface area (Å²) >= 11 is 0. The van der Waals surface area contributed by atoms with E-state index in [-0.39, 0.29) is 30.0 Å². The molecule has 0 radical (unpaired) electrons. The molecule has 0 spiro atoms. The molecule has 6 N–H and O–H groups in total. The first-order valence-electron chi connectivity index (χ1n) is 12.3. The molecular weight excluding hydrogens is 480 g/mol. The van der Waals surface area contributed by atoms with Gasteiger partial charge in [-0.25, -0.2) is 0 Å². The Morgan fingerprint density at radius 3 is 2.32 bits per heavy atom. The van der Waals surface area contributed by atoms with Gasteiger partial charge in [-0.15, -0.1) is 0 Å². The Balaban J connectivity index is 1.88. The van der Waals surface area contributed by atoms with Gasteiger partial charge in [-0.3, -0.25) is 28.9 Å². The summed E-state index contributed by atoms with van der Waals surface area (Å²) in [6, 6.07) is 0.461. The number of aliphatic hydroxyl groups is 1. The molecule has 2 fully saturated rings. The Bertz CT molecular complexity index is 1230. The van der Waals surface area contributed by atoms with Gasteiger partial charge in [-0.2, -0.15) is 0 Å². The van der Waals surface area contributed by atoms with Crippen LogP contribution in [0.2, 0.25) is 0 Å². The fraction of sp³-hybridized carbons (Fsp3) is 0.577. The standard InChI is InChI=1S/C26H34N4O7/c1-10(2)9-30(5)15-8-14(27)20(31)17-12(15)6-11-7-13-19(29(3)4)22(33)18(25(28)36)24(35)26(13,37)23(34)16(11)21(17)32/h8,10-11,13,16,18-19,31,37H,6-7,9,27H2,1-5H3,(H2,28,36)/t11?,13?,16?,18?,19-,26-/m0/s1. The lowest BCUT2D eigenvalue weighted by molar-refractivity contribution is -0.181. The van der Waals surface area contributed by atoms with E-state index in [1.807, 2.05) is 25.8 Å². The quantitative estimate of drug-likeness (QED) is 0.228. The Morgan fingerprint density at radius 2 is 1.78 bits per heavy atom. The lowest BCUT2D eigenvalue weighted by Crippen LogP contribution is -2.74. The first-order chi connectivity index (χ1) is 17.1. The summed E-state index contributed by atoms with van der Waals surface area (Å²) in [7, 11) is 4.95. The molecule has 4 rings (SSSR count). The van der Waals surface area contributed by atoms with Crippen LogP contribution in [0.1, 0.15) is 36.2 Å². The molecular formula is C26H34N4O7. The van der Waals surface area contributed by atoms with Gasteiger partial charge < -0.3 is 26.6 Å². The van der Waals surface area contributed by atoms with Crippen molar-refractivity contribution in [3.8, 4) is 5.75 Å². The summed E-state index contributed by atoms with van der Waals surface area (Å²) in [5.74, 6) is -10.5. The molecule has 0 aliphatic heterocycles. The molecule has 0 saturated heterocycles. The molecule has 3 aliphatic rings. The van der Waals surface area contributed by atoms with Gasteiger partial charge in [-0.05, 0) is 50.4 Å². The second-order valence-corrected chi connectivity index (χ2v) is 11.3. The van der Waals surface area contributed by atoms with Gasteiger partial charge in [-0.1, -0.05) is 13.8 Å². The summed E-state index contributed by atoms with van der Waals surface area (Å²) < 4.78 is 0. The number of anilines is 2. The summed E-state index contributed by atoms with van der Waals surface area (Å²) in [5.41, 5.74) is 9.67. The number of aromatic hydroxyl groups is 1. The number of phenols is 1. The highest BCUT2D eigenvalue weighted by Crippen LogP contribution is 2.52. The van der Waals surface area contributed by atoms with Gasteiger partial charge in [0.1, 0.15) is 5.75 Å². The summed E-state index contributed by atoms with van der Waals surface area (Å²) in [5, 5.41) is 22.4. The average Bonchev–Trinajstić information content (AvgIpc) is 2.77. The average molecular weight is 515 g/mol. The van der Waals surface area contributed by atoms with E-state index in [9.17, 15) is 34.2 Å². The maximum atomic E-state index is 13.9. The molecule has 200 valence electrons. The van der Waals surface area contributed by atoms with E-state index in [0.29, 0.717) is 17.8 Å². The highest BCUT2D eigenvalue weighted by atomic mass is 16.3. The summed E-state index contributed by atoms with van der Waals surface area (Å²) in [6.45, 7) is 4.71. The molecule has 1 aromatic carbocycles. The van der Waals surface area contributed by atoms with Crippen molar-refractivity contribution in [2.45, 2.75) is 38.3 Å². The number of nitrogens with two attached hydrogens (primary N) is 2. The fourth-order valence-electron chi connectivity index (χ4n) is 6.66. The summed E-state index contributed by atoms with van der Waals surface area (Å²) in [6.07, 6.45) is 0.194. The third kappa shape index (κ3) is 3.74. The van der Waals surface area contributed by atoms with Crippen molar-refractivity contribution in [2.75, 3.05) is 38.3 Å². The van der Waals surface area contributed by atoms with Crippen molar-refractivity contribution in [1.82, 2.24) is 4.90 Å². The van der Waals surface area contributed by atoms with Gasteiger partial charge in [0, 0.05) is 25.2 Å². The zero-order chi connectivity index (χ0) is 27.7. The highest BCUT2D eigenvalue weighted by Gasteiger charge is 2.69. The van der Waals surface area contributed by atoms with Crippen LogP contribution >= 0.6 is 0 Å². The van der Waals surface area contributed by atoms with Crippen molar-refractivity contribution in [3.63, 3.8) is 0 Å². The molecule has 6 atom stereocenters. The van der Waals surface area contributed by atoms with Crippen LogP contribution in [0.25, 0.3) is 0 Å². The number of likely N-dealkylation sites (N-methyl/N-ethyl adjacent to an activating group) is 1. The molecule has 1 aromatic rings. The Morgan fingerprint density at radius 1 is 1.16 bits per heavy atom. The number of rotatable bonds is 5. The molecule has 2 saturated carbocycles. The molecule has 1 amide bonds. The van der Waals surface area contributed by atoms with Gasteiger partial charge in [0.05, 0.1) is 23.2 Å². The van der Waals surface area contributed by atoms with Crippen LogP contribution in [-0.4, -0.2) is 83.5 Å². The Kier molecular flexibility index (Phi) is 6.44. The molecule has 4 unspecified atom stereocenters. The largest absolute Gasteiger partial charge is 0.505 e. The van der Waals surface area contributed by atoms with E-state index in [1.54, 1.807) is 20.2 Å². The van der Waals surface area contributed by atoms with Gasteiger partial charge >= 0.3 is 0 Å². The molecule has 0 bridgehead atoms. The van der Waals surface area contributed by atoms with Crippen LogP contribution in [0.5, 0.6) is 5.75 Å². The molecule has 11 nitrogen and oxygen atoms in total. The Hall–Kier alpha value is -3.31. The number of phenolic OH excluding ortho intramolecular Hbond substituents is 1. The van der Waals surface area contributed by atoms with Crippen molar-refractivity contribution < 1.29 is 34.2 Å². The number of hydrogen-bond acceptors (Lipinski definition) is 10. The van der Waals surface area contributed by atoms with Crippen LogP contribution in [0.3, 0.4) is 0 Å². The number of nitrogens with zero attached hydrogens (tertiary/aromatic N) is 2. The lowest BCUT2D eigenvalue weighted by atomic mass is 9.52. The smallest absolute Gasteiger partial charge is 0.235 e. The molecule has 0 aromatic heterocycles. The topological polar surface area (TPSA) is 184 Å². The molecule has 11 heteroatoms. The SMILES string of the molecule is CC(C)CN(C)c1cc(N)c(O)c2c1CC1CC3[C@H](N(C)C)C(=O)C(C(N)=O)C(=O)[C@@]3(O)C(=O)C1C2=O. The third-order valence-electron chi connectivity index (χ3n) is 8.12. The Labute approximate surface area is 214 Å². The zero-order valence-electron chi connectivity index (χ0n) is 21.6. The van der Waals surface area contributed by atoms with E-state index in [4.69, 9.17) is 11.5 Å². The van der Waals surface area contributed by atoms with Crippen molar-refractivity contribution >= 4 is 40.4 Å². The predicted molar refractivity (Wildman–Crippen MR) is 134 cm³/mol. The van der Waals surface area contributed by atoms with Crippen LogP contribution in [0.15, 0.2) is 6.07 Å².